The van der Waals surface area contributed by atoms with E-state index >= 15 is 0 Å². The van der Waals surface area contributed by atoms with Gasteiger partial charge < -0.3 is 19.9 Å². The number of likely N-dealkylation sites (tertiary alicyclic amines) is 1. The third-order valence-corrected chi connectivity index (χ3v) is 12.3. The number of fused-ring (bicyclic) bond motifs is 3. The number of hydrogen-bond donors (Lipinski definition) is 2. The molecule has 4 atom stereocenters. The Kier molecular flexibility index (Phi) is 9.86. The Morgan fingerprint density at radius 3 is 2.65 bits per heavy atom. The molecule has 262 valence electrons. The normalized spacial score (nSPS) is 27.4. The van der Waals surface area contributed by atoms with Crippen LogP contribution in [0.5, 0.6) is 11.5 Å². The Hall–Kier alpha value is -3.29. The summed E-state index contributed by atoms with van der Waals surface area (Å²) in [6, 6.07) is 16.2. The van der Waals surface area contributed by atoms with Gasteiger partial charge in [-0.1, -0.05) is 37.6 Å². The van der Waals surface area contributed by atoms with E-state index in [0.717, 1.165) is 68.9 Å². The second-order valence-electron chi connectivity index (χ2n) is 15.6. The summed E-state index contributed by atoms with van der Waals surface area (Å²) >= 11 is 6.29. The topological polar surface area (TPSA) is 83.9 Å². The van der Waals surface area contributed by atoms with Crippen molar-refractivity contribution in [3.63, 3.8) is 0 Å². The van der Waals surface area contributed by atoms with Gasteiger partial charge in [0.15, 0.2) is 0 Å². The highest BCUT2D eigenvalue weighted by Gasteiger charge is 2.54. The number of anilines is 1. The first-order valence-electron chi connectivity index (χ1n) is 18.5. The third-order valence-electron chi connectivity index (χ3n) is 12.1. The molecule has 8 heteroatoms. The number of aromatic nitrogens is 1. The van der Waals surface area contributed by atoms with Crippen molar-refractivity contribution in [1.29, 1.82) is 0 Å². The highest BCUT2D eigenvalue weighted by Crippen LogP contribution is 2.57. The lowest BCUT2D eigenvalue weighted by atomic mass is 9.59. The first kappa shape index (κ1) is 34.2. The van der Waals surface area contributed by atoms with Crippen molar-refractivity contribution in [1.82, 2.24) is 9.88 Å². The zero-order valence-corrected chi connectivity index (χ0v) is 30.1. The first-order valence-corrected chi connectivity index (χ1v) is 18.9. The number of rotatable bonds is 12. The maximum atomic E-state index is 13.0. The lowest BCUT2D eigenvalue weighted by Crippen LogP contribution is -2.53. The van der Waals surface area contributed by atoms with Crippen molar-refractivity contribution < 1.29 is 19.4 Å². The molecule has 2 unspecified atom stereocenters. The number of aryl methyl sites for hydroxylation is 1. The van der Waals surface area contributed by atoms with Crippen molar-refractivity contribution >= 4 is 23.3 Å². The summed E-state index contributed by atoms with van der Waals surface area (Å²) in [5.41, 5.74) is 4.81. The van der Waals surface area contributed by atoms with Gasteiger partial charge in [-0.2, -0.15) is 0 Å². The Bertz CT molecular complexity index is 1650. The Morgan fingerprint density at radius 1 is 1.10 bits per heavy atom. The van der Waals surface area contributed by atoms with Crippen LogP contribution in [0, 0.1) is 11.8 Å². The number of carbonyl (C=O) groups is 1. The van der Waals surface area contributed by atoms with E-state index in [-0.39, 0.29) is 11.5 Å². The van der Waals surface area contributed by atoms with Crippen LogP contribution in [-0.4, -0.2) is 58.8 Å². The highest BCUT2D eigenvalue weighted by molar-refractivity contribution is 6.30. The van der Waals surface area contributed by atoms with E-state index in [1.807, 2.05) is 36.5 Å². The molecule has 2 fully saturated rings. The molecule has 3 aliphatic carbocycles. The van der Waals surface area contributed by atoms with Gasteiger partial charge in [-0.05, 0) is 155 Å². The van der Waals surface area contributed by atoms with Gasteiger partial charge in [0.25, 0.3) is 0 Å². The maximum absolute atomic E-state index is 13.0. The summed E-state index contributed by atoms with van der Waals surface area (Å²) in [6.45, 7) is 10.7. The fourth-order valence-corrected chi connectivity index (χ4v) is 9.54. The molecule has 2 aromatic carbocycles. The van der Waals surface area contributed by atoms with E-state index in [1.165, 1.54) is 41.6 Å². The first-order chi connectivity index (χ1) is 23.6. The Labute approximate surface area is 296 Å². The summed E-state index contributed by atoms with van der Waals surface area (Å²) in [6.07, 6.45) is 11.3. The average Bonchev–Trinajstić information content (AvgIpc) is 3.34. The number of hydrogen-bond acceptors (Lipinski definition) is 6. The van der Waals surface area contributed by atoms with Gasteiger partial charge in [0, 0.05) is 34.7 Å². The average molecular weight is 686 g/mol. The molecule has 4 aliphatic rings. The zero-order valence-electron chi connectivity index (χ0n) is 29.3. The molecule has 1 spiro atoms. The minimum Gasteiger partial charge on any atom is -0.493 e. The summed E-state index contributed by atoms with van der Waals surface area (Å²) in [7, 11) is 0. The third kappa shape index (κ3) is 7.03. The van der Waals surface area contributed by atoms with Crippen LogP contribution < -0.4 is 14.8 Å². The molecule has 49 heavy (non-hydrogen) atoms. The summed E-state index contributed by atoms with van der Waals surface area (Å²) < 4.78 is 13.1. The number of pyridine rings is 1. The van der Waals surface area contributed by atoms with E-state index in [1.54, 1.807) is 0 Å². The van der Waals surface area contributed by atoms with Crippen LogP contribution in [-0.2, 0) is 23.1 Å². The second kappa shape index (κ2) is 14.1. The molecule has 0 amide bonds. The smallest absolute Gasteiger partial charge is 0.329 e. The largest absolute Gasteiger partial charge is 0.493 e. The number of halogens is 1. The standard InChI is InChI=1S/C41H52ClN3O4/c1-27(26-48-37-13-18-43-36-10-4-7-28(2)38(36)37)21-31-22-30-11-12-34(49-29(3)25-45-19-6-20-45)24-35(30)40(31)14-16-41(17-15-40,39(46)47)44-33-9-5-8-32(42)23-33/h5,8-9,11-13,18,23-24,27-29,31,44H,4,6-7,10,14-17,19-22,25-26H2,1-3H3,(H,46,47)/t27-,28-,29?,31?,40?,41?/m1/s1. The van der Waals surface area contributed by atoms with E-state index in [0.29, 0.717) is 42.2 Å². The van der Waals surface area contributed by atoms with E-state index in [4.69, 9.17) is 21.1 Å². The van der Waals surface area contributed by atoms with Crippen molar-refractivity contribution in [2.24, 2.45) is 11.8 Å². The fraction of sp³-hybridized carbons (Fsp3) is 0.561. The maximum Gasteiger partial charge on any atom is 0.329 e. The Balaban J connectivity index is 1.12. The van der Waals surface area contributed by atoms with Crippen LogP contribution in [0.2, 0.25) is 5.02 Å². The minimum atomic E-state index is -1.05. The van der Waals surface area contributed by atoms with Gasteiger partial charge in [0.2, 0.25) is 0 Å². The van der Waals surface area contributed by atoms with Crippen LogP contribution in [0.3, 0.4) is 0 Å². The number of benzene rings is 2. The molecule has 0 bridgehead atoms. The second-order valence-corrected chi connectivity index (χ2v) is 16.0. The van der Waals surface area contributed by atoms with E-state index in [2.05, 4.69) is 54.2 Å². The van der Waals surface area contributed by atoms with Crippen molar-refractivity contribution in [3.05, 3.63) is 82.1 Å². The van der Waals surface area contributed by atoms with Gasteiger partial charge in [-0.3, -0.25) is 9.88 Å². The van der Waals surface area contributed by atoms with Gasteiger partial charge in [0.1, 0.15) is 23.1 Å². The molecule has 1 saturated heterocycles. The van der Waals surface area contributed by atoms with Crippen LogP contribution in [0.4, 0.5) is 5.69 Å². The number of aliphatic carboxylic acids is 1. The highest BCUT2D eigenvalue weighted by atomic mass is 35.5. The van der Waals surface area contributed by atoms with Gasteiger partial charge in [-0.15, -0.1) is 0 Å². The molecule has 7 rings (SSSR count). The lowest BCUT2D eigenvalue weighted by Gasteiger charge is -2.47. The number of nitrogens with one attached hydrogen (secondary N) is 1. The van der Waals surface area contributed by atoms with Gasteiger partial charge in [-0.25, -0.2) is 4.79 Å². The van der Waals surface area contributed by atoms with Crippen LogP contribution in [0.25, 0.3) is 0 Å². The number of ether oxygens (including phenoxy) is 2. The monoisotopic (exact) mass is 685 g/mol. The zero-order chi connectivity index (χ0) is 34.2. The van der Waals surface area contributed by atoms with Crippen molar-refractivity contribution in [2.75, 3.05) is 31.6 Å². The predicted octanol–water partition coefficient (Wildman–Crippen LogP) is 8.67. The van der Waals surface area contributed by atoms with Crippen molar-refractivity contribution in [2.45, 2.75) is 108 Å². The molecule has 1 aliphatic heterocycles. The molecule has 3 aromatic rings. The Morgan fingerprint density at radius 2 is 1.92 bits per heavy atom. The fourth-order valence-electron chi connectivity index (χ4n) is 9.35. The molecule has 1 saturated carbocycles. The minimum absolute atomic E-state index is 0.109. The number of carboxylic acid groups (broad SMARTS) is 1. The quantitative estimate of drug-likeness (QED) is 0.197. The predicted molar refractivity (Wildman–Crippen MR) is 195 cm³/mol. The van der Waals surface area contributed by atoms with Crippen LogP contribution >= 0.6 is 11.6 Å². The number of nitrogens with zero attached hydrogens (tertiary/aromatic N) is 2. The molecular formula is C41H52ClN3O4. The molecular weight excluding hydrogens is 634 g/mol. The van der Waals surface area contributed by atoms with Crippen LogP contribution in [0.15, 0.2) is 54.7 Å². The summed E-state index contributed by atoms with van der Waals surface area (Å²) in [4.78, 5) is 20.1. The summed E-state index contributed by atoms with van der Waals surface area (Å²) in [5, 5.41) is 14.6. The van der Waals surface area contributed by atoms with Crippen molar-refractivity contribution in [3.8, 4) is 11.5 Å². The molecule has 1 aromatic heterocycles. The SMILES string of the molecule is CC(CN1CCC1)Oc1ccc2c(c1)C1(CCC(Nc3cccc(Cl)c3)(C(=O)O)CC1)C(C[C@@H](C)COc1ccnc3c1[C@H](C)CCC3)C2. The summed E-state index contributed by atoms with van der Waals surface area (Å²) in [5.74, 6) is 2.31. The van der Waals surface area contributed by atoms with Crippen LogP contribution in [0.1, 0.15) is 100 Å². The van der Waals surface area contributed by atoms with E-state index in [9.17, 15) is 9.90 Å². The molecule has 0 radical (unpaired) electrons. The molecule has 7 nitrogen and oxygen atoms in total. The van der Waals surface area contributed by atoms with E-state index < -0.39 is 11.5 Å². The lowest BCUT2D eigenvalue weighted by molar-refractivity contribution is -0.144. The molecule has 2 heterocycles. The van der Waals surface area contributed by atoms with Gasteiger partial charge in [0.05, 0.1) is 6.61 Å². The van der Waals surface area contributed by atoms with Gasteiger partial charge >= 0.3 is 5.97 Å². The number of carboxylic acids is 1. The molecule has 2 N–H and O–H groups in total.